The molecule has 0 unspecified atom stereocenters. The largest absolute Gasteiger partial charge is 0.482 e. The lowest BCUT2D eigenvalue weighted by Gasteiger charge is -2.22. The fourth-order valence-corrected chi connectivity index (χ4v) is 4.45. The number of aryl methyl sites for hydroxylation is 4. The standard InChI is InChI=1S/C24H25ClN2O4S/c1-14-8-17(4)23(21(25)9-14)27(18(5)28)24-26-19(13-32-24)11-31-22(29)12-30-20-7-6-15(2)16(3)10-20/h6-10,13H,11-12H2,1-5H3. The van der Waals surface area contributed by atoms with E-state index in [1.54, 1.807) is 5.38 Å². The van der Waals surface area contributed by atoms with Gasteiger partial charge in [0.2, 0.25) is 5.91 Å². The van der Waals surface area contributed by atoms with Gasteiger partial charge in [-0.2, -0.15) is 0 Å². The van der Waals surface area contributed by atoms with Crippen molar-refractivity contribution in [2.24, 2.45) is 0 Å². The Labute approximate surface area is 196 Å². The molecule has 0 N–H and O–H groups in total. The Morgan fingerprint density at radius 1 is 1.06 bits per heavy atom. The minimum Gasteiger partial charge on any atom is -0.482 e. The molecular formula is C24H25ClN2O4S. The summed E-state index contributed by atoms with van der Waals surface area (Å²) in [7, 11) is 0. The lowest BCUT2D eigenvalue weighted by molar-refractivity contribution is -0.147. The number of amides is 1. The van der Waals surface area contributed by atoms with Crippen LogP contribution in [-0.2, 0) is 20.9 Å². The first kappa shape index (κ1) is 23.8. The van der Waals surface area contributed by atoms with Crippen molar-refractivity contribution in [3.05, 3.63) is 68.7 Å². The summed E-state index contributed by atoms with van der Waals surface area (Å²) in [6.45, 7) is 9.08. The van der Waals surface area contributed by atoms with Crippen LogP contribution in [0.4, 0.5) is 10.8 Å². The van der Waals surface area contributed by atoms with Crippen LogP contribution in [0.1, 0.15) is 34.9 Å². The Kier molecular flexibility index (Phi) is 7.53. The number of rotatable bonds is 7. The van der Waals surface area contributed by atoms with Crippen LogP contribution in [0.2, 0.25) is 5.02 Å². The fraction of sp³-hybridized carbons (Fsp3) is 0.292. The van der Waals surface area contributed by atoms with Crippen LogP contribution in [0.5, 0.6) is 5.75 Å². The molecule has 3 aromatic rings. The maximum atomic E-state index is 12.4. The Balaban J connectivity index is 1.65. The molecule has 3 rings (SSSR count). The van der Waals surface area contributed by atoms with Crippen molar-refractivity contribution in [3.63, 3.8) is 0 Å². The van der Waals surface area contributed by atoms with Crippen molar-refractivity contribution in [1.82, 2.24) is 4.98 Å². The number of esters is 1. The second kappa shape index (κ2) is 10.1. The van der Waals surface area contributed by atoms with Gasteiger partial charge < -0.3 is 9.47 Å². The number of thiazole rings is 1. The van der Waals surface area contributed by atoms with Crippen molar-refractivity contribution in [2.45, 2.75) is 41.2 Å². The van der Waals surface area contributed by atoms with Crippen molar-refractivity contribution in [3.8, 4) is 5.75 Å². The van der Waals surface area contributed by atoms with Crippen LogP contribution in [0.3, 0.4) is 0 Å². The summed E-state index contributed by atoms with van der Waals surface area (Å²) in [5, 5.41) is 2.69. The Hall–Kier alpha value is -2.90. The Bertz CT molecular complexity index is 1140. The van der Waals surface area contributed by atoms with Crippen LogP contribution >= 0.6 is 22.9 Å². The first-order chi connectivity index (χ1) is 15.2. The molecule has 8 heteroatoms. The predicted octanol–water partition coefficient (Wildman–Crippen LogP) is 5.84. The molecule has 0 radical (unpaired) electrons. The molecule has 1 aromatic heterocycles. The highest BCUT2D eigenvalue weighted by Gasteiger charge is 2.23. The summed E-state index contributed by atoms with van der Waals surface area (Å²) >= 11 is 7.72. The number of anilines is 2. The highest BCUT2D eigenvalue weighted by Crippen LogP contribution is 2.37. The summed E-state index contributed by atoms with van der Waals surface area (Å²) in [4.78, 5) is 30.4. The van der Waals surface area contributed by atoms with E-state index < -0.39 is 5.97 Å². The van der Waals surface area contributed by atoms with Crippen molar-refractivity contribution in [2.75, 3.05) is 11.5 Å². The van der Waals surface area contributed by atoms with Crippen LogP contribution in [0, 0.1) is 27.7 Å². The quantitative estimate of drug-likeness (QED) is 0.404. The molecule has 0 aliphatic heterocycles. The molecule has 0 bridgehead atoms. The van der Waals surface area contributed by atoms with Crippen molar-refractivity contribution in [1.29, 1.82) is 0 Å². The zero-order valence-corrected chi connectivity index (χ0v) is 20.3. The number of aromatic nitrogens is 1. The number of hydrogen-bond acceptors (Lipinski definition) is 6. The molecule has 0 saturated heterocycles. The first-order valence-corrected chi connectivity index (χ1v) is 11.3. The third-order valence-electron chi connectivity index (χ3n) is 4.88. The normalized spacial score (nSPS) is 10.7. The minimum atomic E-state index is -0.501. The zero-order chi connectivity index (χ0) is 23.4. The number of benzene rings is 2. The predicted molar refractivity (Wildman–Crippen MR) is 127 cm³/mol. The van der Waals surface area contributed by atoms with E-state index in [2.05, 4.69) is 4.98 Å². The summed E-state index contributed by atoms with van der Waals surface area (Å²) in [5.74, 6) is -0.0967. The molecule has 2 aromatic carbocycles. The molecule has 0 atom stereocenters. The summed E-state index contributed by atoms with van der Waals surface area (Å²) in [6.07, 6.45) is 0. The molecule has 0 fully saturated rings. The monoisotopic (exact) mass is 472 g/mol. The van der Waals surface area contributed by atoms with E-state index in [1.165, 1.54) is 23.2 Å². The van der Waals surface area contributed by atoms with Gasteiger partial charge in [-0.15, -0.1) is 11.3 Å². The van der Waals surface area contributed by atoms with Gasteiger partial charge >= 0.3 is 5.97 Å². The Morgan fingerprint density at radius 2 is 1.81 bits per heavy atom. The van der Waals surface area contributed by atoms with Crippen LogP contribution in [-0.4, -0.2) is 23.5 Å². The third-order valence-corrected chi connectivity index (χ3v) is 6.05. The number of hydrogen-bond donors (Lipinski definition) is 0. The van der Waals surface area contributed by atoms with Gasteiger partial charge in [-0.3, -0.25) is 9.69 Å². The van der Waals surface area contributed by atoms with E-state index in [9.17, 15) is 9.59 Å². The second-order valence-electron chi connectivity index (χ2n) is 7.58. The third kappa shape index (κ3) is 5.66. The SMILES string of the molecule is CC(=O)N(c1nc(COC(=O)COc2ccc(C)c(C)c2)cs1)c1c(C)cc(C)cc1Cl. The van der Waals surface area contributed by atoms with Crippen molar-refractivity contribution >= 4 is 45.6 Å². The highest BCUT2D eigenvalue weighted by atomic mass is 35.5. The Morgan fingerprint density at radius 3 is 2.47 bits per heavy atom. The minimum absolute atomic E-state index is 0.0159. The van der Waals surface area contributed by atoms with E-state index >= 15 is 0 Å². The molecule has 32 heavy (non-hydrogen) atoms. The maximum Gasteiger partial charge on any atom is 0.344 e. The van der Waals surface area contributed by atoms with E-state index in [1.807, 2.05) is 58.0 Å². The van der Waals surface area contributed by atoms with E-state index in [0.29, 0.717) is 27.3 Å². The first-order valence-electron chi connectivity index (χ1n) is 10.0. The molecule has 0 aliphatic carbocycles. The molecule has 168 valence electrons. The van der Waals surface area contributed by atoms with Gasteiger partial charge in [-0.05, 0) is 68.1 Å². The number of carbonyl (C=O) groups excluding carboxylic acids is 2. The lowest BCUT2D eigenvalue weighted by Crippen LogP contribution is -2.24. The van der Waals surface area contributed by atoms with E-state index in [-0.39, 0.29) is 19.1 Å². The molecule has 0 saturated carbocycles. The fourth-order valence-electron chi connectivity index (χ4n) is 3.19. The second-order valence-corrected chi connectivity index (χ2v) is 8.83. The zero-order valence-electron chi connectivity index (χ0n) is 18.7. The highest BCUT2D eigenvalue weighted by molar-refractivity contribution is 7.14. The van der Waals surface area contributed by atoms with Gasteiger partial charge in [-0.25, -0.2) is 9.78 Å². The van der Waals surface area contributed by atoms with Gasteiger partial charge in [0.25, 0.3) is 0 Å². The molecule has 6 nitrogen and oxygen atoms in total. The van der Waals surface area contributed by atoms with E-state index in [4.69, 9.17) is 21.1 Å². The number of nitrogens with zero attached hydrogens (tertiary/aromatic N) is 2. The van der Waals surface area contributed by atoms with Crippen LogP contribution < -0.4 is 9.64 Å². The van der Waals surface area contributed by atoms with Crippen LogP contribution in [0.15, 0.2) is 35.7 Å². The molecular weight excluding hydrogens is 448 g/mol. The van der Waals surface area contributed by atoms with Crippen molar-refractivity contribution < 1.29 is 19.1 Å². The molecule has 1 heterocycles. The van der Waals surface area contributed by atoms with E-state index in [0.717, 1.165) is 22.3 Å². The average Bonchev–Trinajstić information content (AvgIpc) is 3.18. The maximum absolute atomic E-state index is 12.4. The summed E-state index contributed by atoms with van der Waals surface area (Å²) in [5.41, 5.74) is 5.26. The van der Waals surface area contributed by atoms with Gasteiger partial charge in [0.05, 0.1) is 16.4 Å². The van der Waals surface area contributed by atoms with Gasteiger partial charge in [-0.1, -0.05) is 23.7 Å². The smallest absolute Gasteiger partial charge is 0.344 e. The molecule has 0 spiro atoms. The number of ether oxygens (including phenoxy) is 2. The van der Waals surface area contributed by atoms with Gasteiger partial charge in [0.15, 0.2) is 11.7 Å². The lowest BCUT2D eigenvalue weighted by atomic mass is 10.1. The number of carbonyl (C=O) groups is 2. The topological polar surface area (TPSA) is 68.7 Å². The van der Waals surface area contributed by atoms with Gasteiger partial charge in [0.1, 0.15) is 12.4 Å². The van der Waals surface area contributed by atoms with Gasteiger partial charge in [0, 0.05) is 12.3 Å². The number of halogens is 1. The van der Waals surface area contributed by atoms with Crippen LogP contribution in [0.25, 0.3) is 0 Å². The summed E-state index contributed by atoms with van der Waals surface area (Å²) in [6, 6.07) is 9.41. The summed E-state index contributed by atoms with van der Waals surface area (Å²) < 4.78 is 10.8. The molecule has 0 aliphatic rings. The molecule has 1 amide bonds. The average molecular weight is 473 g/mol.